The summed E-state index contributed by atoms with van der Waals surface area (Å²) in [5, 5.41) is 12.2. The van der Waals surface area contributed by atoms with E-state index in [1.807, 2.05) is 78.6 Å². The normalized spacial score (nSPS) is 11.2. The summed E-state index contributed by atoms with van der Waals surface area (Å²) in [6.45, 7) is 3.87. The minimum Gasteiger partial charge on any atom is -0.245 e. The SMILES string of the molecule is Cc1cc(C)nc(N/N=C\c2cn(-c3cccs3)nc2-c2ccccc2)n1. The number of anilines is 1. The maximum absolute atomic E-state index is 4.75. The number of aromatic nitrogens is 4. The molecule has 0 saturated carbocycles. The van der Waals surface area contributed by atoms with E-state index in [2.05, 4.69) is 20.5 Å². The van der Waals surface area contributed by atoms with E-state index < -0.39 is 0 Å². The van der Waals surface area contributed by atoms with Crippen LogP contribution < -0.4 is 5.43 Å². The van der Waals surface area contributed by atoms with Gasteiger partial charge in [0.25, 0.3) is 0 Å². The first-order chi connectivity index (χ1) is 13.2. The van der Waals surface area contributed by atoms with Gasteiger partial charge in [0.05, 0.1) is 6.21 Å². The van der Waals surface area contributed by atoms with Crippen LogP contribution in [0, 0.1) is 13.8 Å². The monoisotopic (exact) mass is 374 g/mol. The second-order valence-electron chi connectivity index (χ2n) is 6.04. The Morgan fingerprint density at radius 2 is 1.81 bits per heavy atom. The lowest BCUT2D eigenvalue weighted by molar-refractivity contribution is 0.901. The third-order valence-electron chi connectivity index (χ3n) is 3.87. The average Bonchev–Trinajstić information content (AvgIpc) is 3.31. The summed E-state index contributed by atoms with van der Waals surface area (Å²) in [6, 6.07) is 16.0. The molecular weight excluding hydrogens is 356 g/mol. The summed E-state index contributed by atoms with van der Waals surface area (Å²) in [5.74, 6) is 0.482. The van der Waals surface area contributed by atoms with Crippen LogP contribution in [0.15, 0.2) is 65.2 Å². The molecule has 0 bridgehead atoms. The van der Waals surface area contributed by atoms with Gasteiger partial charge in [-0.05, 0) is 37.4 Å². The fraction of sp³-hybridized carbons (Fsp3) is 0.100. The van der Waals surface area contributed by atoms with Gasteiger partial charge < -0.3 is 0 Å². The number of nitrogens with zero attached hydrogens (tertiary/aromatic N) is 5. The summed E-state index contributed by atoms with van der Waals surface area (Å²) in [6.07, 6.45) is 3.72. The van der Waals surface area contributed by atoms with Crippen LogP contribution in [0.5, 0.6) is 0 Å². The standard InChI is InChI=1S/C20H18N6S/c1-14-11-15(2)23-20(22-14)24-21-12-17-13-26(18-9-6-10-27-18)25-19(17)16-7-4-3-5-8-16/h3-13H,1-2H3,(H,22,23,24)/b21-12-. The molecule has 0 unspecified atom stereocenters. The van der Waals surface area contributed by atoms with Crippen LogP contribution in [0.2, 0.25) is 0 Å². The maximum atomic E-state index is 4.75. The number of nitrogens with one attached hydrogen (secondary N) is 1. The Kier molecular flexibility index (Phi) is 4.76. The Balaban J connectivity index is 1.66. The maximum Gasteiger partial charge on any atom is 0.243 e. The van der Waals surface area contributed by atoms with Gasteiger partial charge in [-0.2, -0.15) is 10.2 Å². The van der Waals surface area contributed by atoms with Gasteiger partial charge >= 0.3 is 0 Å². The number of hydrogen-bond acceptors (Lipinski definition) is 6. The van der Waals surface area contributed by atoms with Gasteiger partial charge in [0.2, 0.25) is 5.95 Å². The van der Waals surface area contributed by atoms with Gasteiger partial charge in [-0.25, -0.2) is 20.1 Å². The fourth-order valence-corrected chi connectivity index (χ4v) is 3.41. The van der Waals surface area contributed by atoms with E-state index in [1.165, 1.54) is 0 Å². The van der Waals surface area contributed by atoms with Crippen LogP contribution in [-0.4, -0.2) is 26.0 Å². The third kappa shape index (κ3) is 3.93. The molecule has 4 aromatic rings. The van der Waals surface area contributed by atoms with Crippen LogP contribution in [0.3, 0.4) is 0 Å². The zero-order chi connectivity index (χ0) is 18.6. The van der Waals surface area contributed by atoms with Crippen LogP contribution >= 0.6 is 11.3 Å². The van der Waals surface area contributed by atoms with Crippen molar-refractivity contribution in [1.29, 1.82) is 0 Å². The molecule has 0 atom stereocenters. The van der Waals surface area contributed by atoms with E-state index in [-0.39, 0.29) is 0 Å². The zero-order valence-electron chi connectivity index (χ0n) is 15.0. The first-order valence-electron chi connectivity index (χ1n) is 8.49. The summed E-state index contributed by atoms with van der Waals surface area (Å²) < 4.78 is 1.88. The quantitative estimate of drug-likeness (QED) is 0.414. The summed E-state index contributed by atoms with van der Waals surface area (Å²) in [7, 11) is 0. The Bertz CT molecular complexity index is 1050. The molecule has 3 aromatic heterocycles. The molecule has 1 N–H and O–H groups in total. The van der Waals surface area contributed by atoms with Gasteiger partial charge in [-0.3, -0.25) is 0 Å². The molecule has 1 aromatic carbocycles. The molecule has 3 heterocycles. The molecule has 0 spiro atoms. The van der Waals surface area contributed by atoms with Crippen molar-refractivity contribution in [3.05, 3.63) is 77.1 Å². The van der Waals surface area contributed by atoms with E-state index in [0.717, 1.165) is 33.2 Å². The third-order valence-corrected chi connectivity index (χ3v) is 4.73. The van der Waals surface area contributed by atoms with Crippen LogP contribution in [0.4, 0.5) is 5.95 Å². The average molecular weight is 374 g/mol. The smallest absolute Gasteiger partial charge is 0.243 e. The molecule has 0 aliphatic heterocycles. The van der Waals surface area contributed by atoms with Crippen molar-refractivity contribution in [2.75, 3.05) is 5.43 Å². The lowest BCUT2D eigenvalue weighted by Crippen LogP contribution is -1.99. The summed E-state index contributed by atoms with van der Waals surface area (Å²) in [5.41, 5.74) is 7.53. The number of rotatable bonds is 5. The summed E-state index contributed by atoms with van der Waals surface area (Å²) >= 11 is 1.64. The molecule has 0 aliphatic carbocycles. The molecule has 6 nitrogen and oxygen atoms in total. The van der Waals surface area contributed by atoms with Crippen molar-refractivity contribution in [2.24, 2.45) is 5.10 Å². The van der Waals surface area contributed by atoms with Gasteiger partial charge in [0.1, 0.15) is 10.7 Å². The van der Waals surface area contributed by atoms with E-state index in [9.17, 15) is 0 Å². The number of benzene rings is 1. The van der Waals surface area contributed by atoms with Crippen molar-refractivity contribution in [1.82, 2.24) is 19.7 Å². The molecule has 4 rings (SSSR count). The molecule has 0 aliphatic rings. The number of thiophene rings is 1. The van der Waals surface area contributed by atoms with Gasteiger partial charge in [-0.1, -0.05) is 30.3 Å². The minimum atomic E-state index is 0.482. The highest BCUT2D eigenvalue weighted by atomic mass is 32.1. The second-order valence-corrected chi connectivity index (χ2v) is 6.97. The highest BCUT2D eigenvalue weighted by Crippen LogP contribution is 2.24. The van der Waals surface area contributed by atoms with E-state index in [1.54, 1.807) is 17.6 Å². The second kappa shape index (κ2) is 7.51. The number of aryl methyl sites for hydroxylation is 2. The van der Waals surface area contributed by atoms with Crippen LogP contribution in [0.1, 0.15) is 17.0 Å². The lowest BCUT2D eigenvalue weighted by Gasteiger charge is -2.01. The minimum absolute atomic E-state index is 0.482. The van der Waals surface area contributed by atoms with Gasteiger partial charge in [-0.15, -0.1) is 11.3 Å². The highest BCUT2D eigenvalue weighted by molar-refractivity contribution is 7.12. The van der Waals surface area contributed by atoms with Gasteiger partial charge in [0, 0.05) is 28.7 Å². The van der Waals surface area contributed by atoms with Crippen molar-refractivity contribution in [2.45, 2.75) is 13.8 Å². The number of hydrogen-bond donors (Lipinski definition) is 1. The Morgan fingerprint density at radius 1 is 1.04 bits per heavy atom. The molecule has 134 valence electrons. The molecule has 0 saturated heterocycles. The highest BCUT2D eigenvalue weighted by Gasteiger charge is 2.11. The van der Waals surface area contributed by atoms with Crippen molar-refractivity contribution < 1.29 is 0 Å². The molecular formula is C20H18N6S. The summed E-state index contributed by atoms with van der Waals surface area (Å²) in [4.78, 5) is 8.67. The molecule has 0 amide bonds. The first kappa shape index (κ1) is 17.1. The molecule has 0 fully saturated rings. The first-order valence-corrected chi connectivity index (χ1v) is 9.37. The van der Waals surface area contributed by atoms with E-state index in [4.69, 9.17) is 5.10 Å². The predicted octanol–water partition coefficient (Wildman–Crippen LogP) is 4.45. The largest absolute Gasteiger partial charge is 0.245 e. The Morgan fingerprint density at radius 3 is 2.52 bits per heavy atom. The van der Waals surface area contributed by atoms with Crippen LogP contribution in [-0.2, 0) is 0 Å². The van der Waals surface area contributed by atoms with Crippen molar-refractivity contribution in [3.8, 4) is 16.3 Å². The van der Waals surface area contributed by atoms with Crippen molar-refractivity contribution in [3.63, 3.8) is 0 Å². The molecule has 27 heavy (non-hydrogen) atoms. The van der Waals surface area contributed by atoms with Crippen LogP contribution in [0.25, 0.3) is 16.3 Å². The Labute approximate surface area is 161 Å². The number of hydrazone groups is 1. The predicted molar refractivity (Wildman–Crippen MR) is 110 cm³/mol. The lowest BCUT2D eigenvalue weighted by atomic mass is 10.1. The topological polar surface area (TPSA) is 68.0 Å². The Hall–Kier alpha value is -3.32. The molecule has 0 radical (unpaired) electrons. The fourth-order valence-electron chi connectivity index (χ4n) is 2.75. The zero-order valence-corrected chi connectivity index (χ0v) is 15.8. The van der Waals surface area contributed by atoms with E-state index >= 15 is 0 Å². The van der Waals surface area contributed by atoms with Crippen molar-refractivity contribution >= 4 is 23.5 Å². The van der Waals surface area contributed by atoms with Gasteiger partial charge in [0.15, 0.2) is 0 Å². The molecule has 7 heteroatoms. The van der Waals surface area contributed by atoms with E-state index in [0.29, 0.717) is 5.95 Å².